The molecule has 0 unspecified atom stereocenters. The Morgan fingerprint density at radius 3 is 2.56 bits per heavy atom. The molecule has 4 heteroatoms. The summed E-state index contributed by atoms with van der Waals surface area (Å²) >= 11 is 5.92. The molecule has 0 N–H and O–H groups in total. The maximum absolute atomic E-state index is 5.92. The van der Waals surface area contributed by atoms with Crippen LogP contribution in [0.3, 0.4) is 0 Å². The highest BCUT2D eigenvalue weighted by atomic mass is 35.5. The molecule has 0 fully saturated rings. The summed E-state index contributed by atoms with van der Waals surface area (Å²) < 4.78 is 10.5. The van der Waals surface area contributed by atoms with Crippen molar-refractivity contribution in [2.45, 2.75) is 25.3 Å². The van der Waals surface area contributed by atoms with Crippen LogP contribution in [0, 0.1) is 0 Å². The van der Waals surface area contributed by atoms with Crippen molar-refractivity contribution in [2.24, 2.45) is 0 Å². The number of hydrogen-bond acceptors (Lipinski definition) is 2. The molecule has 0 heterocycles. The Labute approximate surface area is 104 Å². The number of rotatable bonds is 7. The first kappa shape index (κ1) is 13.7. The minimum absolute atomic E-state index is 0.816. The quantitative estimate of drug-likeness (QED) is 0.550. The Kier molecular flexibility index (Phi) is 6.72. The van der Waals surface area contributed by atoms with Crippen LogP contribution in [0.5, 0.6) is 0 Å². The van der Waals surface area contributed by atoms with Crippen molar-refractivity contribution in [3.8, 4) is 0 Å². The third-order valence-electron chi connectivity index (χ3n) is 2.44. The van der Waals surface area contributed by atoms with Gasteiger partial charge in [-0.15, -0.1) is 0 Å². The minimum atomic E-state index is -1.01. The molecule has 16 heavy (non-hydrogen) atoms. The van der Waals surface area contributed by atoms with Crippen molar-refractivity contribution in [2.75, 3.05) is 14.2 Å². The molecule has 0 saturated carbocycles. The molecule has 1 rings (SSSR count). The molecule has 0 amide bonds. The van der Waals surface area contributed by atoms with Gasteiger partial charge in [-0.3, -0.25) is 0 Å². The van der Waals surface area contributed by atoms with Crippen LogP contribution in [-0.4, -0.2) is 23.5 Å². The Morgan fingerprint density at radius 2 is 1.94 bits per heavy atom. The van der Waals surface area contributed by atoms with E-state index in [1.165, 1.54) is 5.56 Å². The third-order valence-corrected chi connectivity index (χ3v) is 4.35. The number of hydrogen-bond donors (Lipinski definition) is 0. The van der Waals surface area contributed by atoms with Gasteiger partial charge in [0.1, 0.15) is 0 Å². The number of aryl methyl sites for hydroxylation is 1. The lowest BCUT2D eigenvalue weighted by Gasteiger charge is -2.08. The van der Waals surface area contributed by atoms with Gasteiger partial charge in [-0.1, -0.05) is 30.2 Å². The van der Waals surface area contributed by atoms with Gasteiger partial charge < -0.3 is 8.85 Å². The van der Waals surface area contributed by atoms with E-state index in [0.29, 0.717) is 0 Å². The predicted octanol–water partition coefficient (Wildman–Crippen LogP) is 3.44. The lowest BCUT2D eigenvalue weighted by Crippen LogP contribution is -2.18. The first-order valence-corrected chi connectivity index (χ1v) is 7.34. The molecular weight excluding hydrogens is 240 g/mol. The van der Waals surface area contributed by atoms with Gasteiger partial charge in [0.15, 0.2) is 0 Å². The molecule has 0 bridgehead atoms. The van der Waals surface area contributed by atoms with Crippen molar-refractivity contribution in [1.29, 1.82) is 0 Å². The van der Waals surface area contributed by atoms with Crippen molar-refractivity contribution in [1.82, 2.24) is 0 Å². The Bertz CT molecular complexity index is 303. The molecule has 0 aromatic heterocycles. The predicted molar refractivity (Wildman–Crippen MR) is 69.0 cm³/mol. The average Bonchev–Trinajstić information content (AvgIpc) is 2.29. The molecule has 0 spiro atoms. The van der Waals surface area contributed by atoms with Crippen LogP contribution in [0.15, 0.2) is 24.3 Å². The first-order chi connectivity index (χ1) is 7.76. The second kappa shape index (κ2) is 7.85. The van der Waals surface area contributed by atoms with E-state index in [1.54, 1.807) is 14.2 Å². The molecule has 1 aromatic carbocycles. The minimum Gasteiger partial charge on any atom is -0.397 e. The van der Waals surface area contributed by atoms with E-state index in [-0.39, 0.29) is 0 Å². The second-order valence-electron chi connectivity index (χ2n) is 3.62. The number of benzene rings is 1. The van der Waals surface area contributed by atoms with Gasteiger partial charge in [-0.05, 0) is 36.6 Å². The molecule has 0 aliphatic rings. The van der Waals surface area contributed by atoms with Crippen LogP contribution in [0.25, 0.3) is 0 Å². The van der Waals surface area contributed by atoms with E-state index in [2.05, 4.69) is 6.07 Å². The monoisotopic (exact) mass is 257 g/mol. The summed E-state index contributed by atoms with van der Waals surface area (Å²) in [7, 11) is 2.42. The molecule has 89 valence electrons. The van der Waals surface area contributed by atoms with Crippen LogP contribution >= 0.6 is 11.6 Å². The Balaban J connectivity index is 2.20. The van der Waals surface area contributed by atoms with Crippen molar-refractivity contribution >= 4 is 20.9 Å². The van der Waals surface area contributed by atoms with Crippen LogP contribution in [0.4, 0.5) is 0 Å². The standard InChI is InChI=1S/C12H18ClO2Si/c1-14-16(15-2)9-4-3-6-11-7-5-8-12(13)10-11/h5,7-8,10H,3-4,6,9H2,1-2H3. The van der Waals surface area contributed by atoms with E-state index in [4.69, 9.17) is 20.5 Å². The largest absolute Gasteiger partial charge is 0.397 e. The van der Waals surface area contributed by atoms with Crippen molar-refractivity contribution in [3.63, 3.8) is 0 Å². The van der Waals surface area contributed by atoms with Crippen LogP contribution in [0.2, 0.25) is 11.1 Å². The zero-order valence-electron chi connectivity index (χ0n) is 9.83. The van der Waals surface area contributed by atoms with Crippen LogP contribution in [-0.2, 0) is 15.3 Å². The van der Waals surface area contributed by atoms with Gasteiger partial charge in [-0.25, -0.2) is 0 Å². The second-order valence-corrected chi connectivity index (χ2v) is 6.11. The summed E-state index contributed by atoms with van der Waals surface area (Å²) in [6, 6.07) is 9.09. The van der Waals surface area contributed by atoms with E-state index in [9.17, 15) is 0 Å². The van der Waals surface area contributed by atoms with Crippen molar-refractivity contribution in [3.05, 3.63) is 34.9 Å². The highest BCUT2D eigenvalue weighted by Crippen LogP contribution is 2.14. The summed E-state index contributed by atoms with van der Waals surface area (Å²) in [6.07, 6.45) is 3.37. The van der Waals surface area contributed by atoms with Gasteiger partial charge in [0.25, 0.3) is 0 Å². The van der Waals surface area contributed by atoms with Gasteiger partial charge in [-0.2, -0.15) is 0 Å². The molecule has 0 atom stereocenters. The number of halogens is 1. The average molecular weight is 258 g/mol. The molecule has 0 aliphatic heterocycles. The van der Waals surface area contributed by atoms with Gasteiger partial charge in [0.2, 0.25) is 0 Å². The summed E-state index contributed by atoms with van der Waals surface area (Å²) in [4.78, 5) is 0. The normalized spacial score (nSPS) is 11.0. The molecule has 2 nitrogen and oxygen atoms in total. The van der Waals surface area contributed by atoms with Crippen LogP contribution in [0.1, 0.15) is 18.4 Å². The fraction of sp³-hybridized carbons (Fsp3) is 0.500. The molecule has 0 aliphatic carbocycles. The molecule has 1 radical (unpaired) electrons. The highest BCUT2D eigenvalue weighted by Gasteiger charge is 2.10. The third kappa shape index (κ3) is 5.12. The summed E-state index contributed by atoms with van der Waals surface area (Å²) in [5.41, 5.74) is 1.30. The smallest absolute Gasteiger partial charge is 0.384 e. The van der Waals surface area contributed by atoms with E-state index in [1.807, 2.05) is 18.2 Å². The maximum Gasteiger partial charge on any atom is 0.384 e. The molecule has 1 aromatic rings. The summed E-state index contributed by atoms with van der Waals surface area (Å²) in [6.45, 7) is 0. The highest BCUT2D eigenvalue weighted by molar-refractivity contribution is 6.44. The lowest BCUT2D eigenvalue weighted by atomic mass is 10.1. The van der Waals surface area contributed by atoms with Gasteiger partial charge in [0.05, 0.1) is 0 Å². The Hall–Kier alpha value is -0.353. The lowest BCUT2D eigenvalue weighted by molar-refractivity contribution is 0.276. The SMILES string of the molecule is CO[Si](CCCCc1cccc(Cl)c1)OC. The van der Waals surface area contributed by atoms with E-state index in [0.717, 1.165) is 30.3 Å². The van der Waals surface area contributed by atoms with Crippen LogP contribution < -0.4 is 0 Å². The fourth-order valence-electron chi connectivity index (χ4n) is 1.58. The van der Waals surface area contributed by atoms with E-state index < -0.39 is 9.28 Å². The number of unbranched alkanes of at least 4 members (excludes halogenated alkanes) is 1. The zero-order chi connectivity index (χ0) is 11.8. The molecule has 0 saturated heterocycles. The van der Waals surface area contributed by atoms with Gasteiger partial charge in [0, 0.05) is 19.2 Å². The van der Waals surface area contributed by atoms with E-state index >= 15 is 0 Å². The Morgan fingerprint density at radius 1 is 1.19 bits per heavy atom. The van der Waals surface area contributed by atoms with Gasteiger partial charge >= 0.3 is 9.28 Å². The zero-order valence-corrected chi connectivity index (χ0v) is 11.6. The maximum atomic E-state index is 5.92. The summed E-state index contributed by atoms with van der Waals surface area (Å²) in [5, 5.41) is 0.816. The molecular formula is C12H18ClO2Si. The first-order valence-electron chi connectivity index (χ1n) is 5.44. The van der Waals surface area contributed by atoms with Crippen molar-refractivity contribution < 1.29 is 8.85 Å². The summed E-state index contributed by atoms with van der Waals surface area (Å²) in [5.74, 6) is 0. The fourth-order valence-corrected chi connectivity index (χ4v) is 2.90. The topological polar surface area (TPSA) is 18.5 Å².